The van der Waals surface area contributed by atoms with Crippen molar-refractivity contribution in [3.05, 3.63) is 39.4 Å². The van der Waals surface area contributed by atoms with E-state index in [1.54, 1.807) is 24.7 Å². The van der Waals surface area contributed by atoms with Gasteiger partial charge in [0.1, 0.15) is 0 Å². The standard InChI is InChI=1S/C9H5ClIN3O/c10-6-1-8(5-12-2-6)15-9-13-3-7(11)4-14-9/h1-5H. The number of aromatic nitrogens is 3. The first-order valence-corrected chi connectivity index (χ1v) is 5.45. The molecule has 0 saturated heterocycles. The van der Waals surface area contributed by atoms with Gasteiger partial charge >= 0.3 is 6.01 Å². The Morgan fingerprint density at radius 1 is 1.13 bits per heavy atom. The Morgan fingerprint density at radius 3 is 2.53 bits per heavy atom. The zero-order chi connectivity index (χ0) is 10.7. The fraction of sp³-hybridized carbons (Fsp3) is 0. The minimum absolute atomic E-state index is 0.277. The van der Waals surface area contributed by atoms with Gasteiger partial charge in [-0.3, -0.25) is 4.98 Å². The minimum Gasteiger partial charge on any atom is -0.423 e. The first-order chi connectivity index (χ1) is 7.24. The van der Waals surface area contributed by atoms with Crippen LogP contribution in [-0.4, -0.2) is 15.0 Å². The smallest absolute Gasteiger partial charge is 0.321 e. The van der Waals surface area contributed by atoms with Crippen molar-refractivity contribution in [1.29, 1.82) is 0 Å². The van der Waals surface area contributed by atoms with Crippen molar-refractivity contribution in [2.24, 2.45) is 0 Å². The maximum Gasteiger partial charge on any atom is 0.321 e. The van der Waals surface area contributed by atoms with Gasteiger partial charge in [-0.2, -0.15) is 0 Å². The molecule has 0 saturated carbocycles. The lowest BCUT2D eigenvalue weighted by atomic mass is 10.5. The largest absolute Gasteiger partial charge is 0.423 e. The molecule has 2 heterocycles. The van der Waals surface area contributed by atoms with Crippen LogP contribution in [0.4, 0.5) is 0 Å². The van der Waals surface area contributed by atoms with E-state index in [0.29, 0.717) is 10.8 Å². The second kappa shape index (κ2) is 4.71. The van der Waals surface area contributed by atoms with E-state index in [1.165, 1.54) is 6.20 Å². The number of nitrogens with zero attached hydrogens (tertiary/aromatic N) is 3. The summed E-state index contributed by atoms with van der Waals surface area (Å²) in [4.78, 5) is 11.9. The van der Waals surface area contributed by atoms with Gasteiger partial charge < -0.3 is 4.74 Å². The molecule has 0 bridgehead atoms. The van der Waals surface area contributed by atoms with Crippen LogP contribution in [0.15, 0.2) is 30.9 Å². The van der Waals surface area contributed by atoms with E-state index in [9.17, 15) is 0 Å². The van der Waals surface area contributed by atoms with Gasteiger partial charge in [0.05, 0.1) is 11.2 Å². The van der Waals surface area contributed by atoms with E-state index in [-0.39, 0.29) is 6.01 Å². The predicted octanol–water partition coefficient (Wildman–Crippen LogP) is 2.92. The van der Waals surface area contributed by atoms with Gasteiger partial charge in [0.2, 0.25) is 0 Å². The maximum atomic E-state index is 5.75. The highest BCUT2D eigenvalue weighted by Gasteiger charge is 2.00. The van der Waals surface area contributed by atoms with Crippen LogP contribution in [0.3, 0.4) is 0 Å². The normalized spacial score (nSPS) is 10.0. The summed E-state index contributed by atoms with van der Waals surface area (Å²) < 4.78 is 6.29. The average Bonchev–Trinajstić information content (AvgIpc) is 2.22. The molecule has 15 heavy (non-hydrogen) atoms. The van der Waals surface area contributed by atoms with E-state index < -0.39 is 0 Å². The molecule has 0 aliphatic rings. The van der Waals surface area contributed by atoms with Crippen molar-refractivity contribution in [1.82, 2.24) is 15.0 Å². The molecular formula is C9H5ClIN3O. The third-order valence-electron chi connectivity index (χ3n) is 1.49. The first kappa shape index (κ1) is 10.6. The van der Waals surface area contributed by atoms with Gasteiger partial charge in [-0.25, -0.2) is 9.97 Å². The summed E-state index contributed by atoms with van der Waals surface area (Å²) in [6.07, 6.45) is 6.41. The Kier molecular flexibility index (Phi) is 3.32. The van der Waals surface area contributed by atoms with Crippen molar-refractivity contribution < 1.29 is 4.74 Å². The molecule has 0 radical (unpaired) electrons. The molecule has 2 aromatic rings. The molecular weight excluding hydrogens is 328 g/mol. The van der Waals surface area contributed by atoms with E-state index in [0.717, 1.165) is 3.57 Å². The lowest BCUT2D eigenvalue weighted by molar-refractivity contribution is 0.439. The Bertz CT molecular complexity index is 463. The van der Waals surface area contributed by atoms with Gasteiger partial charge in [0.25, 0.3) is 0 Å². The van der Waals surface area contributed by atoms with Gasteiger partial charge in [-0.15, -0.1) is 0 Å². The summed E-state index contributed by atoms with van der Waals surface area (Å²) in [6.45, 7) is 0. The summed E-state index contributed by atoms with van der Waals surface area (Å²) in [7, 11) is 0. The van der Waals surface area contributed by atoms with Crippen molar-refractivity contribution in [2.45, 2.75) is 0 Å². The zero-order valence-corrected chi connectivity index (χ0v) is 10.3. The van der Waals surface area contributed by atoms with Gasteiger partial charge in [-0.05, 0) is 22.6 Å². The molecule has 4 nitrogen and oxygen atoms in total. The third-order valence-corrected chi connectivity index (χ3v) is 2.25. The quantitative estimate of drug-likeness (QED) is 0.793. The number of hydrogen-bond donors (Lipinski definition) is 0. The summed E-state index contributed by atoms with van der Waals surface area (Å²) in [5.41, 5.74) is 0. The highest BCUT2D eigenvalue weighted by molar-refractivity contribution is 14.1. The molecule has 0 spiro atoms. The molecule has 2 rings (SSSR count). The van der Waals surface area contributed by atoms with Gasteiger partial charge in [0.15, 0.2) is 5.75 Å². The Balaban J connectivity index is 2.18. The molecule has 76 valence electrons. The molecule has 0 fully saturated rings. The van der Waals surface area contributed by atoms with Crippen molar-refractivity contribution in [3.8, 4) is 11.8 Å². The number of pyridine rings is 1. The van der Waals surface area contributed by atoms with Crippen LogP contribution >= 0.6 is 34.2 Å². The number of rotatable bonds is 2. The Labute approximate surface area is 105 Å². The fourth-order valence-corrected chi connectivity index (χ4v) is 1.35. The molecule has 0 N–H and O–H groups in total. The molecule has 6 heteroatoms. The highest BCUT2D eigenvalue weighted by atomic mass is 127. The number of hydrogen-bond acceptors (Lipinski definition) is 4. The van der Waals surface area contributed by atoms with Crippen LogP contribution in [0.2, 0.25) is 5.02 Å². The van der Waals surface area contributed by atoms with Crippen molar-refractivity contribution in [3.63, 3.8) is 0 Å². The molecule has 0 aliphatic heterocycles. The van der Waals surface area contributed by atoms with Crippen LogP contribution in [0, 0.1) is 3.57 Å². The van der Waals surface area contributed by atoms with Gasteiger partial charge in [0, 0.05) is 28.2 Å². The molecule has 0 aliphatic carbocycles. The monoisotopic (exact) mass is 333 g/mol. The number of halogens is 2. The SMILES string of the molecule is Clc1cncc(Oc2ncc(I)cn2)c1. The lowest BCUT2D eigenvalue weighted by Gasteiger charge is -2.02. The van der Waals surface area contributed by atoms with E-state index >= 15 is 0 Å². The average molecular weight is 334 g/mol. The summed E-state index contributed by atoms with van der Waals surface area (Å²) >= 11 is 7.87. The van der Waals surface area contributed by atoms with Crippen molar-refractivity contribution >= 4 is 34.2 Å². The molecule has 2 aromatic heterocycles. The maximum absolute atomic E-state index is 5.75. The van der Waals surface area contributed by atoms with E-state index in [4.69, 9.17) is 16.3 Å². The molecule has 0 unspecified atom stereocenters. The predicted molar refractivity (Wildman–Crippen MR) is 64.1 cm³/mol. The second-order valence-corrected chi connectivity index (χ2v) is 4.31. The number of ether oxygens (including phenoxy) is 1. The summed E-state index contributed by atoms with van der Waals surface area (Å²) in [5.74, 6) is 0.517. The van der Waals surface area contributed by atoms with Crippen LogP contribution in [0.25, 0.3) is 0 Å². The summed E-state index contributed by atoms with van der Waals surface area (Å²) in [6, 6.07) is 1.93. The Morgan fingerprint density at radius 2 is 1.87 bits per heavy atom. The van der Waals surface area contributed by atoms with Crippen LogP contribution in [0.1, 0.15) is 0 Å². The van der Waals surface area contributed by atoms with Crippen LogP contribution in [-0.2, 0) is 0 Å². The van der Waals surface area contributed by atoms with E-state index in [2.05, 4.69) is 37.5 Å². The topological polar surface area (TPSA) is 47.9 Å². The fourth-order valence-electron chi connectivity index (χ4n) is 0.907. The van der Waals surface area contributed by atoms with Crippen LogP contribution in [0.5, 0.6) is 11.8 Å². The molecule has 0 atom stereocenters. The minimum atomic E-state index is 0.277. The van der Waals surface area contributed by atoms with E-state index in [1.807, 2.05) is 0 Å². The van der Waals surface area contributed by atoms with Gasteiger partial charge in [-0.1, -0.05) is 11.6 Å². The third kappa shape index (κ3) is 3.00. The zero-order valence-electron chi connectivity index (χ0n) is 7.39. The lowest BCUT2D eigenvalue weighted by Crippen LogP contribution is -1.92. The highest BCUT2D eigenvalue weighted by Crippen LogP contribution is 2.19. The first-order valence-electron chi connectivity index (χ1n) is 4.00. The second-order valence-electron chi connectivity index (χ2n) is 2.62. The molecule has 0 amide bonds. The van der Waals surface area contributed by atoms with Crippen LogP contribution < -0.4 is 4.74 Å². The Hall–Kier alpha value is -0.950. The molecule has 0 aromatic carbocycles. The summed E-state index contributed by atoms with van der Waals surface area (Å²) in [5, 5.41) is 0.512. The van der Waals surface area contributed by atoms with Crippen molar-refractivity contribution in [2.75, 3.05) is 0 Å².